The van der Waals surface area contributed by atoms with Gasteiger partial charge in [0.25, 0.3) is 0 Å². The Kier molecular flexibility index (Phi) is 10.7. The van der Waals surface area contributed by atoms with Crippen LogP contribution in [0.5, 0.6) is 5.88 Å². The highest BCUT2D eigenvalue weighted by molar-refractivity contribution is 7.94. The molecule has 0 saturated carbocycles. The predicted octanol–water partition coefficient (Wildman–Crippen LogP) is 2.95. The molecule has 8 nitrogen and oxygen atoms in total. The summed E-state index contributed by atoms with van der Waals surface area (Å²) in [6.45, 7) is 3.77. The highest BCUT2D eigenvalue weighted by atomic mass is 32.2. The predicted molar refractivity (Wildman–Crippen MR) is 111 cm³/mol. The molecule has 194 valence electrons. The SMILES string of the molecule is NCc1ccnc(OCC2CC(C(F)(F)F)CN(SN3CCOCC3)C2)c1.O=C(O)C(F)(F)F. The molecule has 0 spiro atoms. The number of alkyl halides is 6. The second-order valence-corrected chi connectivity index (χ2v) is 8.83. The fraction of sp³-hybridized carbons (Fsp3) is 0.684. The molecule has 2 unspecified atom stereocenters. The number of aromatic nitrogens is 1. The van der Waals surface area contributed by atoms with E-state index < -0.39 is 24.2 Å². The number of halogens is 6. The van der Waals surface area contributed by atoms with Crippen molar-refractivity contribution in [3.8, 4) is 5.88 Å². The maximum atomic E-state index is 13.4. The number of carboxylic acids is 1. The summed E-state index contributed by atoms with van der Waals surface area (Å²) in [6, 6.07) is 3.51. The fourth-order valence-electron chi connectivity index (χ4n) is 3.24. The number of piperidine rings is 1. The highest BCUT2D eigenvalue weighted by Gasteiger charge is 2.45. The number of rotatable bonds is 6. The monoisotopic (exact) mass is 520 g/mol. The van der Waals surface area contributed by atoms with Crippen LogP contribution in [0.4, 0.5) is 26.3 Å². The van der Waals surface area contributed by atoms with Crippen molar-refractivity contribution in [2.45, 2.75) is 25.3 Å². The molecule has 2 atom stereocenters. The minimum Gasteiger partial charge on any atom is -0.477 e. The molecule has 2 saturated heterocycles. The number of carbonyl (C=O) groups is 1. The average Bonchev–Trinajstić information content (AvgIpc) is 2.77. The summed E-state index contributed by atoms with van der Waals surface area (Å²) in [7, 11) is 0. The van der Waals surface area contributed by atoms with Gasteiger partial charge < -0.3 is 20.3 Å². The third-order valence-corrected chi connectivity index (χ3v) is 6.04. The minimum absolute atomic E-state index is 0.00291. The summed E-state index contributed by atoms with van der Waals surface area (Å²) < 4.78 is 86.8. The van der Waals surface area contributed by atoms with Crippen LogP contribution in [0, 0.1) is 11.8 Å². The average molecular weight is 520 g/mol. The first kappa shape index (κ1) is 28.4. The van der Waals surface area contributed by atoms with Crippen LogP contribution in [0.2, 0.25) is 0 Å². The van der Waals surface area contributed by atoms with E-state index in [9.17, 15) is 26.3 Å². The van der Waals surface area contributed by atoms with Crippen LogP contribution in [0.15, 0.2) is 18.3 Å². The smallest absolute Gasteiger partial charge is 0.477 e. The zero-order valence-electron chi connectivity index (χ0n) is 18.0. The molecule has 0 aromatic carbocycles. The fourth-order valence-corrected chi connectivity index (χ4v) is 4.40. The van der Waals surface area contributed by atoms with Crippen molar-refractivity contribution < 1.29 is 45.7 Å². The lowest BCUT2D eigenvalue weighted by atomic mass is 9.90. The van der Waals surface area contributed by atoms with Crippen LogP contribution in [-0.2, 0) is 16.1 Å². The van der Waals surface area contributed by atoms with Crippen LogP contribution in [0.3, 0.4) is 0 Å². The third-order valence-electron chi connectivity index (χ3n) is 4.91. The molecule has 2 aliphatic heterocycles. The quantitative estimate of drug-likeness (QED) is 0.433. The maximum absolute atomic E-state index is 13.4. The normalized spacial score (nSPS) is 22.6. The second-order valence-electron chi connectivity index (χ2n) is 7.63. The molecule has 3 N–H and O–H groups in total. The standard InChI is InChI=1S/C17H25F3N4O2S.C2HF3O2/c18-17(19,20)15-7-14(12-26-16-8-13(9-21)1-2-22-16)10-24(11-15)27-23-3-5-25-6-4-23;3-2(4,5)1(6)7/h1-2,8,14-15H,3-7,9-12,21H2;(H,6,7). The van der Waals surface area contributed by atoms with Gasteiger partial charge in [-0.15, -0.1) is 0 Å². The number of hydrogen-bond donors (Lipinski definition) is 2. The number of pyridine rings is 1. The van der Waals surface area contributed by atoms with Crippen molar-refractivity contribution in [2.24, 2.45) is 17.6 Å². The number of nitrogens with two attached hydrogens (primary N) is 1. The molecule has 0 bridgehead atoms. The first-order valence-electron chi connectivity index (χ1n) is 10.3. The Hall–Kier alpha value is -1.81. The molecule has 3 heterocycles. The maximum Gasteiger partial charge on any atom is 0.490 e. The molecule has 15 heteroatoms. The lowest BCUT2D eigenvalue weighted by molar-refractivity contribution is -0.192. The number of morpholine rings is 1. The second kappa shape index (κ2) is 12.8. The lowest BCUT2D eigenvalue weighted by Gasteiger charge is -2.39. The van der Waals surface area contributed by atoms with Crippen molar-refractivity contribution in [1.82, 2.24) is 13.6 Å². The van der Waals surface area contributed by atoms with Gasteiger partial charge in [0.05, 0.1) is 25.7 Å². The largest absolute Gasteiger partial charge is 0.490 e. The summed E-state index contributed by atoms with van der Waals surface area (Å²) in [6.07, 6.45) is -7.63. The Balaban J connectivity index is 0.000000509. The van der Waals surface area contributed by atoms with Gasteiger partial charge in [-0.05, 0) is 18.1 Å². The molecule has 2 fully saturated rings. The van der Waals surface area contributed by atoms with E-state index >= 15 is 0 Å². The Morgan fingerprint density at radius 2 is 1.85 bits per heavy atom. The van der Waals surface area contributed by atoms with Gasteiger partial charge >= 0.3 is 18.3 Å². The van der Waals surface area contributed by atoms with Crippen molar-refractivity contribution in [2.75, 3.05) is 46.0 Å². The topological polar surface area (TPSA) is 101 Å². The van der Waals surface area contributed by atoms with E-state index in [1.54, 1.807) is 18.3 Å². The van der Waals surface area contributed by atoms with Crippen LogP contribution in [0.25, 0.3) is 0 Å². The third kappa shape index (κ3) is 9.82. The molecule has 1 aromatic heterocycles. The summed E-state index contributed by atoms with van der Waals surface area (Å²) in [5, 5.41) is 7.12. The summed E-state index contributed by atoms with van der Waals surface area (Å²) in [5.74, 6) is -3.93. The summed E-state index contributed by atoms with van der Waals surface area (Å²) in [4.78, 5) is 13.0. The van der Waals surface area contributed by atoms with E-state index in [1.807, 2.05) is 4.31 Å². The zero-order valence-corrected chi connectivity index (χ0v) is 18.8. The van der Waals surface area contributed by atoms with Gasteiger partial charge in [0, 0.05) is 63.0 Å². The van der Waals surface area contributed by atoms with Gasteiger partial charge in [-0.1, -0.05) is 0 Å². The molecule has 3 rings (SSSR count). The van der Waals surface area contributed by atoms with Crippen LogP contribution in [-0.4, -0.2) is 83.0 Å². The highest BCUT2D eigenvalue weighted by Crippen LogP contribution is 2.38. The van der Waals surface area contributed by atoms with Crippen LogP contribution in [0.1, 0.15) is 12.0 Å². The minimum atomic E-state index is -5.08. The first-order valence-corrected chi connectivity index (χ1v) is 11.0. The number of hydrogen-bond acceptors (Lipinski definition) is 8. The van der Waals surface area contributed by atoms with Crippen molar-refractivity contribution >= 4 is 18.1 Å². The van der Waals surface area contributed by atoms with Gasteiger partial charge in [-0.2, -0.15) is 26.3 Å². The van der Waals surface area contributed by atoms with E-state index in [1.165, 1.54) is 12.1 Å². The molecule has 0 amide bonds. The van der Waals surface area contributed by atoms with Crippen molar-refractivity contribution in [1.29, 1.82) is 0 Å². The van der Waals surface area contributed by atoms with Gasteiger partial charge in [0.2, 0.25) is 5.88 Å². The van der Waals surface area contributed by atoms with Crippen LogP contribution >= 0.6 is 12.1 Å². The Bertz CT molecular complexity index is 780. The number of nitrogens with zero attached hydrogens (tertiary/aromatic N) is 3. The van der Waals surface area contributed by atoms with E-state index in [0.717, 1.165) is 18.7 Å². The Morgan fingerprint density at radius 3 is 2.41 bits per heavy atom. The first-order chi connectivity index (χ1) is 15.9. The van der Waals surface area contributed by atoms with E-state index in [-0.39, 0.29) is 25.5 Å². The molecule has 34 heavy (non-hydrogen) atoms. The molecule has 2 aliphatic rings. The summed E-state index contributed by atoms with van der Waals surface area (Å²) >= 11 is 1.39. The van der Waals surface area contributed by atoms with Gasteiger partial charge in [0.15, 0.2) is 0 Å². The lowest BCUT2D eigenvalue weighted by Crippen LogP contribution is -2.46. The van der Waals surface area contributed by atoms with E-state index in [2.05, 4.69) is 9.29 Å². The Labute approximate surface area is 196 Å². The summed E-state index contributed by atoms with van der Waals surface area (Å²) in [5.41, 5.74) is 6.48. The molecule has 1 aromatic rings. The molecular formula is C19H26F6N4O4S. The van der Waals surface area contributed by atoms with Gasteiger partial charge in [-0.25, -0.2) is 18.4 Å². The van der Waals surface area contributed by atoms with Crippen molar-refractivity contribution in [3.63, 3.8) is 0 Å². The number of ether oxygens (including phenoxy) is 2. The number of aliphatic carboxylic acids is 1. The van der Waals surface area contributed by atoms with Gasteiger partial charge in [-0.3, -0.25) is 0 Å². The Morgan fingerprint density at radius 1 is 1.21 bits per heavy atom. The van der Waals surface area contributed by atoms with E-state index in [0.29, 0.717) is 32.2 Å². The van der Waals surface area contributed by atoms with Crippen molar-refractivity contribution in [3.05, 3.63) is 23.9 Å². The molecule has 0 radical (unpaired) electrons. The molecule has 0 aliphatic carbocycles. The number of carboxylic acid groups (broad SMARTS) is 1. The zero-order chi connectivity index (χ0) is 25.4. The van der Waals surface area contributed by atoms with Gasteiger partial charge in [0.1, 0.15) is 0 Å². The molecular weight excluding hydrogens is 494 g/mol. The van der Waals surface area contributed by atoms with Crippen LogP contribution < -0.4 is 10.5 Å². The van der Waals surface area contributed by atoms with E-state index in [4.69, 9.17) is 25.1 Å².